The summed E-state index contributed by atoms with van der Waals surface area (Å²) in [6.07, 6.45) is 1.81. The number of nitrogens with one attached hydrogen (secondary N) is 1. The summed E-state index contributed by atoms with van der Waals surface area (Å²) in [5.74, 6) is 0.955. The van der Waals surface area contributed by atoms with Crippen LogP contribution in [0.15, 0.2) is 54.7 Å². The molecule has 2 aromatic heterocycles. The Hall–Kier alpha value is -3.42. The van der Waals surface area contributed by atoms with Crippen LogP contribution in [0.1, 0.15) is 22.5 Å². The van der Waals surface area contributed by atoms with E-state index in [-0.39, 0.29) is 6.03 Å². The summed E-state index contributed by atoms with van der Waals surface area (Å²) in [4.78, 5) is 26.6. The summed E-state index contributed by atoms with van der Waals surface area (Å²) in [5, 5.41) is 3.65. The van der Waals surface area contributed by atoms with Crippen LogP contribution >= 0.6 is 11.6 Å². The van der Waals surface area contributed by atoms with Gasteiger partial charge in [-0.1, -0.05) is 23.7 Å². The fraction of sp³-hybridized carbons (Fsp3) is 0.296. The third-order valence-corrected chi connectivity index (χ3v) is 6.89. The Morgan fingerprint density at radius 1 is 1.00 bits per heavy atom. The lowest BCUT2D eigenvalue weighted by Gasteiger charge is -2.34. The van der Waals surface area contributed by atoms with Gasteiger partial charge in [0.2, 0.25) is 0 Å². The van der Waals surface area contributed by atoms with Gasteiger partial charge in [-0.3, -0.25) is 9.47 Å². The molecule has 4 aromatic rings. The van der Waals surface area contributed by atoms with Gasteiger partial charge in [0.15, 0.2) is 5.65 Å². The minimum atomic E-state index is -0.0957. The van der Waals surface area contributed by atoms with Gasteiger partial charge in [-0.2, -0.15) is 0 Å². The van der Waals surface area contributed by atoms with Crippen LogP contribution in [0.4, 0.5) is 10.5 Å². The van der Waals surface area contributed by atoms with Crippen LogP contribution in [-0.2, 0) is 6.54 Å². The molecule has 0 aliphatic carbocycles. The van der Waals surface area contributed by atoms with Crippen LogP contribution in [0.3, 0.4) is 0 Å². The topological polar surface area (TPSA) is 66.3 Å². The number of carbonyl (C=O) groups excluding carboxylic acids is 1. The van der Waals surface area contributed by atoms with Crippen LogP contribution in [0.2, 0.25) is 5.02 Å². The molecular weight excluding hydrogens is 460 g/mol. The largest absolute Gasteiger partial charge is 0.322 e. The van der Waals surface area contributed by atoms with E-state index in [0.29, 0.717) is 24.7 Å². The Bertz CT molecular complexity index is 1370. The molecule has 5 rings (SSSR count). The van der Waals surface area contributed by atoms with Gasteiger partial charge in [-0.25, -0.2) is 14.8 Å². The molecule has 7 nitrogen and oxygen atoms in total. The van der Waals surface area contributed by atoms with Crippen molar-refractivity contribution in [1.29, 1.82) is 0 Å². The van der Waals surface area contributed by atoms with Gasteiger partial charge >= 0.3 is 6.03 Å². The first-order valence-electron chi connectivity index (χ1n) is 11.8. The summed E-state index contributed by atoms with van der Waals surface area (Å²) in [5.41, 5.74) is 6.86. The number of imidazole rings is 1. The van der Waals surface area contributed by atoms with Crippen LogP contribution in [0.25, 0.3) is 16.9 Å². The van der Waals surface area contributed by atoms with Crippen molar-refractivity contribution in [3.05, 3.63) is 82.3 Å². The van der Waals surface area contributed by atoms with Crippen molar-refractivity contribution >= 4 is 34.5 Å². The summed E-state index contributed by atoms with van der Waals surface area (Å²) < 4.78 is 2.16. The van der Waals surface area contributed by atoms with E-state index in [1.165, 1.54) is 11.1 Å². The molecule has 0 unspecified atom stereocenters. The van der Waals surface area contributed by atoms with Gasteiger partial charge in [0.05, 0.1) is 6.54 Å². The Kier molecular flexibility index (Phi) is 6.45. The maximum absolute atomic E-state index is 12.8. The highest BCUT2D eigenvalue weighted by atomic mass is 35.5. The smallest absolute Gasteiger partial charge is 0.321 e. The van der Waals surface area contributed by atoms with E-state index in [4.69, 9.17) is 16.6 Å². The molecule has 1 saturated heterocycles. The first-order chi connectivity index (χ1) is 16.9. The third-order valence-electron chi connectivity index (χ3n) is 6.48. The zero-order chi connectivity index (χ0) is 24.5. The Morgan fingerprint density at radius 2 is 1.74 bits per heavy atom. The lowest BCUT2D eigenvalue weighted by molar-refractivity contribution is 0.140. The number of piperazine rings is 1. The van der Waals surface area contributed by atoms with Crippen LogP contribution in [0, 0.1) is 20.8 Å². The number of pyridine rings is 1. The Morgan fingerprint density at radius 3 is 2.49 bits per heavy atom. The van der Waals surface area contributed by atoms with Crippen LogP contribution < -0.4 is 5.32 Å². The number of halogens is 1. The Balaban J connectivity index is 1.31. The normalized spacial score (nSPS) is 14.5. The van der Waals surface area contributed by atoms with E-state index >= 15 is 0 Å². The number of rotatable bonds is 4. The highest BCUT2D eigenvalue weighted by Crippen LogP contribution is 2.25. The van der Waals surface area contributed by atoms with Gasteiger partial charge in [-0.15, -0.1) is 0 Å². The molecule has 0 atom stereocenters. The third kappa shape index (κ3) is 4.88. The van der Waals surface area contributed by atoms with Gasteiger partial charge in [0, 0.05) is 48.8 Å². The molecule has 35 heavy (non-hydrogen) atoms. The molecule has 1 aliphatic heterocycles. The van der Waals surface area contributed by atoms with Crippen molar-refractivity contribution in [3.8, 4) is 5.69 Å². The second kappa shape index (κ2) is 9.68. The molecule has 0 bridgehead atoms. The molecule has 180 valence electrons. The number of amides is 2. The highest BCUT2D eigenvalue weighted by Gasteiger charge is 2.24. The quantitative estimate of drug-likeness (QED) is 0.420. The van der Waals surface area contributed by atoms with Crippen molar-refractivity contribution in [3.63, 3.8) is 0 Å². The van der Waals surface area contributed by atoms with Gasteiger partial charge in [0.1, 0.15) is 11.3 Å². The second-order valence-corrected chi connectivity index (χ2v) is 9.57. The second-order valence-electron chi connectivity index (χ2n) is 9.16. The zero-order valence-electron chi connectivity index (χ0n) is 20.3. The number of hydrogen-bond donors (Lipinski definition) is 1. The average molecular weight is 489 g/mol. The number of aryl methyl sites for hydroxylation is 2. The number of anilines is 1. The van der Waals surface area contributed by atoms with Crippen LogP contribution in [-0.4, -0.2) is 56.5 Å². The molecule has 2 amide bonds. The van der Waals surface area contributed by atoms with E-state index in [0.717, 1.165) is 47.0 Å². The van der Waals surface area contributed by atoms with Crippen LogP contribution in [0.5, 0.6) is 0 Å². The number of nitrogens with zero attached hydrogens (tertiary/aromatic N) is 5. The number of urea groups is 1. The van der Waals surface area contributed by atoms with E-state index in [1.54, 1.807) is 0 Å². The minimum absolute atomic E-state index is 0.0957. The molecule has 0 radical (unpaired) electrons. The minimum Gasteiger partial charge on any atom is -0.322 e. The molecule has 1 aliphatic rings. The lowest BCUT2D eigenvalue weighted by atomic mass is 10.1. The predicted octanol–water partition coefficient (Wildman–Crippen LogP) is 5.35. The summed E-state index contributed by atoms with van der Waals surface area (Å²) >= 11 is 6.20. The monoisotopic (exact) mass is 488 g/mol. The lowest BCUT2D eigenvalue weighted by Crippen LogP contribution is -2.49. The Labute approximate surface area is 210 Å². The fourth-order valence-electron chi connectivity index (χ4n) is 4.66. The van der Waals surface area contributed by atoms with Crippen molar-refractivity contribution < 1.29 is 4.79 Å². The molecule has 1 N–H and O–H groups in total. The number of fused-ring (bicyclic) bond motifs is 1. The van der Waals surface area contributed by atoms with E-state index in [9.17, 15) is 4.79 Å². The first-order valence-corrected chi connectivity index (χ1v) is 12.2. The molecule has 3 heterocycles. The predicted molar refractivity (Wildman–Crippen MR) is 140 cm³/mol. The summed E-state index contributed by atoms with van der Waals surface area (Å²) in [6.45, 7) is 9.65. The number of hydrogen-bond acceptors (Lipinski definition) is 4. The summed E-state index contributed by atoms with van der Waals surface area (Å²) in [7, 11) is 0. The van der Waals surface area contributed by atoms with E-state index in [1.807, 2.05) is 48.4 Å². The molecule has 0 spiro atoms. The van der Waals surface area contributed by atoms with Crippen molar-refractivity contribution in [2.45, 2.75) is 27.3 Å². The van der Waals surface area contributed by atoms with Gasteiger partial charge < -0.3 is 10.2 Å². The van der Waals surface area contributed by atoms with E-state index in [2.05, 4.69) is 51.8 Å². The highest BCUT2D eigenvalue weighted by molar-refractivity contribution is 6.31. The first kappa shape index (κ1) is 23.3. The number of carbonyl (C=O) groups is 1. The molecule has 1 fully saturated rings. The standard InChI is InChI=1S/C27H29ClN6O/c1-18-14-19(2)16-21(15-18)34-25(30-24-8-5-9-29-26(24)34)17-32-10-12-33(13-11-32)27(35)31-23-7-4-6-22(28)20(23)3/h4-9,14-16H,10-13,17H2,1-3H3,(H,31,35). The fourth-order valence-corrected chi connectivity index (χ4v) is 4.84. The van der Waals surface area contributed by atoms with Crippen molar-refractivity contribution in [2.75, 3.05) is 31.5 Å². The zero-order valence-corrected chi connectivity index (χ0v) is 21.0. The number of aromatic nitrogens is 3. The van der Waals surface area contributed by atoms with Gasteiger partial charge in [0.25, 0.3) is 0 Å². The maximum Gasteiger partial charge on any atom is 0.321 e. The summed E-state index contributed by atoms with van der Waals surface area (Å²) in [6, 6.07) is 15.9. The van der Waals surface area contributed by atoms with E-state index < -0.39 is 0 Å². The average Bonchev–Trinajstić information content (AvgIpc) is 3.19. The maximum atomic E-state index is 12.8. The van der Waals surface area contributed by atoms with Crippen molar-refractivity contribution in [2.24, 2.45) is 0 Å². The molecule has 2 aromatic carbocycles. The molecule has 8 heteroatoms. The van der Waals surface area contributed by atoms with Crippen molar-refractivity contribution in [1.82, 2.24) is 24.3 Å². The molecular formula is C27H29ClN6O. The molecule has 0 saturated carbocycles. The number of benzene rings is 2. The van der Waals surface area contributed by atoms with Gasteiger partial charge in [-0.05, 0) is 73.9 Å². The SMILES string of the molecule is Cc1cc(C)cc(-n2c(CN3CCN(C(=O)Nc4cccc(Cl)c4C)CC3)nc3cccnc32)c1.